The van der Waals surface area contributed by atoms with Gasteiger partial charge in [-0.15, -0.1) is 20.4 Å². The highest BCUT2D eigenvalue weighted by molar-refractivity contribution is 6.34. The molecule has 0 aromatic carbocycles. The SMILES string of the molecule is Cn1cnnc1C1(F)CCN(c2c(C#N)cc(C(F)(F)F)nc2-c2cnc3nn(C(C)(C)C)c(C(F)(F)F)c3c2)CC1.Cn1cnnc1C1(F)CCN(c2c(C#N)cc(C(F)(F)F)nc2-c2cnc3nn(C(C)(C)C)c(Cl)c3c2)CC1. The van der Waals surface area contributed by atoms with E-state index in [1.54, 1.807) is 35.8 Å². The van der Waals surface area contributed by atoms with Crippen LogP contribution in [0.4, 0.5) is 59.7 Å². The van der Waals surface area contributed by atoms with Gasteiger partial charge in [-0.05, 0) is 65.8 Å². The van der Waals surface area contributed by atoms with E-state index in [4.69, 9.17) is 11.6 Å². The van der Waals surface area contributed by atoms with Gasteiger partial charge in [0.1, 0.15) is 41.3 Å². The van der Waals surface area contributed by atoms with Crippen molar-refractivity contribution < 1.29 is 48.3 Å². The van der Waals surface area contributed by atoms with Crippen molar-refractivity contribution in [3.05, 3.63) is 94.3 Å². The van der Waals surface area contributed by atoms with E-state index in [1.807, 2.05) is 26.8 Å². The fraction of sp³-hybridized carbons (Fsp3) is 0.451. The maximum atomic E-state index is 15.8. The molecule has 0 bridgehead atoms. The quantitative estimate of drug-likeness (QED) is 0.142. The minimum absolute atomic E-state index is 0.00761. The van der Waals surface area contributed by atoms with Crippen LogP contribution < -0.4 is 9.80 Å². The van der Waals surface area contributed by atoms with Crippen molar-refractivity contribution in [2.24, 2.45) is 14.1 Å². The lowest BCUT2D eigenvalue weighted by molar-refractivity contribution is -0.145. The maximum Gasteiger partial charge on any atom is 0.433 e. The Hall–Kier alpha value is -8.08. The van der Waals surface area contributed by atoms with Gasteiger partial charge in [0, 0.05) is 89.5 Å². The molecule has 8 aromatic rings. The molecule has 0 saturated carbocycles. The summed E-state index contributed by atoms with van der Waals surface area (Å²) in [6, 6.07) is 7.51. The van der Waals surface area contributed by atoms with E-state index in [0.717, 1.165) is 23.0 Å². The lowest BCUT2D eigenvalue weighted by Crippen LogP contribution is -2.42. The van der Waals surface area contributed by atoms with Crippen LogP contribution in [0.2, 0.25) is 5.15 Å². The van der Waals surface area contributed by atoms with E-state index >= 15 is 8.78 Å². The summed E-state index contributed by atoms with van der Waals surface area (Å²) < 4.78 is 163. The third kappa shape index (κ3) is 10.9. The van der Waals surface area contributed by atoms with Gasteiger partial charge in [0.25, 0.3) is 0 Å². The van der Waals surface area contributed by atoms with Gasteiger partial charge in [0.2, 0.25) is 0 Å². The number of halogens is 12. The van der Waals surface area contributed by atoms with Crippen molar-refractivity contribution in [2.75, 3.05) is 36.0 Å². The van der Waals surface area contributed by atoms with E-state index in [0.29, 0.717) is 17.1 Å². The Morgan fingerprint density at radius 3 is 1.28 bits per heavy atom. The zero-order valence-corrected chi connectivity index (χ0v) is 45.1. The predicted molar refractivity (Wildman–Crippen MR) is 271 cm³/mol. The monoisotopic (exact) mass is 1160 g/mol. The van der Waals surface area contributed by atoms with Gasteiger partial charge < -0.3 is 18.9 Å². The average molecular weight is 1160 g/mol. The van der Waals surface area contributed by atoms with Crippen molar-refractivity contribution >= 4 is 45.0 Å². The molecule has 2 fully saturated rings. The first kappa shape index (κ1) is 57.6. The minimum atomic E-state index is -4.97. The van der Waals surface area contributed by atoms with Crippen molar-refractivity contribution in [2.45, 2.75) is 108 Å². The maximum absolute atomic E-state index is 15.8. The van der Waals surface area contributed by atoms with Gasteiger partial charge in [-0.2, -0.15) is 60.2 Å². The Morgan fingerprint density at radius 1 is 0.556 bits per heavy atom. The molecule has 2 saturated heterocycles. The van der Waals surface area contributed by atoms with E-state index < -0.39 is 74.7 Å². The first-order valence-electron chi connectivity index (χ1n) is 24.8. The largest absolute Gasteiger partial charge is 0.433 e. The topological polar surface area (TPSA) is 203 Å². The van der Waals surface area contributed by atoms with E-state index in [2.05, 4.69) is 50.5 Å². The standard InChI is InChI=1S/C26H24F7N9.C25H24ClF4N9/c1-23(2,3)42-20(26(31,32)33)16-9-15(12-35-21(16)39-42)18-19(14(11-34)10-17(37-18)25(28,29)30)41-7-5-24(27,6-8-41)22-38-36-13-40(22)4;1-23(2,3)39-20(26)16-9-15(12-32-21(16)36-39)18-19(14(11-31)10-17(34-18)25(28,29)30)38-7-5-24(27,6-8-38)22-35-33-13-37(22)4/h9-10,12-13H,5-8H2,1-4H3;9-10,12-13H,5-8H2,1-4H3. The first-order valence-corrected chi connectivity index (χ1v) is 25.2. The number of alkyl halides is 11. The Kier molecular flexibility index (Phi) is 14.3. The summed E-state index contributed by atoms with van der Waals surface area (Å²) in [4.78, 5) is 19.3. The summed E-state index contributed by atoms with van der Waals surface area (Å²) in [5, 5.41) is 43.7. The number of aryl methyl sites for hydroxylation is 2. The second-order valence-electron chi connectivity index (χ2n) is 21.7. The van der Waals surface area contributed by atoms with Crippen LogP contribution in [-0.2, 0) is 55.0 Å². The van der Waals surface area contributed by atoms with E-state index in [-0.39, 0.29) is 108 Å². The highest BCUT2D eigenvalue weighted by Gasteiger charge is 2.45. The first-order chi connectivity index (χ1) is 37.7. The average Bonchev–Trinajstić information content (AvgIpc) is 4.26. The van der Waals surface area contributed by atoms with Crippen molar-refractivity contribution in [3.8, 4) is 34.7 Å². The van der Waals surface area contributed by atoms with Gasteiger partial charge in [-0.1, -0.05) is 11.6 Å². The Morgan fingerprint density at radius 2 is 0.938 bits per heavy atom. The summed E-state index contributed by atoms with van der Waals surface area (Å²) in [6.45, 7) is 10.4. The van der Waals surface area contributed by atoms with Gasteiger partial charge in [-0.3, -0.25) is 4.68 Å². The number of hydrogen-bond acceptors (Lipinski definition) is 14. The summed E-state index contributed by atoms with van der Waals surface area (Å²) in [7, 11) is 3.22. The molecule has 0 radical (unpaired) electrons. The molecule has 0 unspecified atom stereocenters. The second-order valence-corrected chi connectivity index (χ2v) is 22.0. The van der Waals surface area contributed by atoms with Crippen LogP contribution in [0, 0.1) is 22.7 Å². The molecule has 18 nitrogen and oxygen atoms in total. The summed E-state index contributed by atoms with van der Waals surface area (Å²) in [5.41, 5.74) is -9.95. The lowest BCUT2D eigenvalue weighted by Gasteiger charge is -2.38. The van der Waals surface area contributed by atoms with Gasteiger partial charge >= 0.3 is 18.5 Å². The normalized spacial score (nSPS) is 16.1. The molecule has 10 heterocycles. The van der Waals surface area contributed by atoms with Gasteiger partial charge in [0.15, 0.2) is 40.0 Å². The Balaban J connectivity index is 0.000000196. The van der Waals surface area contributed by atoms with Crippen molar-refractivity contribution in [1.82, 2.24) is 69.0 Å². The van der Waals surface area contributed by atoms with Crippen LogP contribution in [-0.4, -0.2) is 95.2 Å². The zero-order valence-electron chi connectivity index (χ0n) is 44.4. The third-order valence-electron chi connectivity index (χ3n) is 13.9. The van der Waals surface area contributed by atoms with Gasteiger partial charge in [0.05, 0.1) is 55.7 Å². The Bertz CT molecular complexity index is 3790. The molecule has 426 valence electrons. The number of aromatic nitrogens is 14. The Labute approximate surface area is 458 Å². The fourth-order valence-electron chi connectivity index (χ4n) is 9.95. The number of pyridine rings is 4. The van der Waals surface area contributed by atoms with Crippen LogP contribution in [0.3, 0.4) is 0 Å². The number of nitriles is 2. The van der Waals surface area contributed by atoms with E-state index in [9.17, 15) is 50.0 Å². The van der Waals surface area contributed by atoms with Crippen LogP contribution in [0.1, 0.15) is 107 Å². The number of anilines is 2. The number of fused-ring (bicyclic) bond motifs is 2. The van der Waals surface area contributed by atoms with Gasteiger partial charge in [-0.25, -0.2) is 33.4 Å². The predicted octanol–water partition coefficient (Wildman–Crippen LogP) is 11.1. The molecular weight excluding hydrogens is 1110 g/mol. The number of piperidine rings is 2. The van der Waals surface area contributed by atoms with E-state index in [1.165, 1.54) is 53.7 Å². The van der Waals surface area contributed by atoms with Crippen molar-refractivity contribution in [3.63, 3.8) is 0 Å². The third-order valence-corrected chi connectivity index (χ3v) is 14.2. The smallest absolute Gasteiger partial charge is 0.368 e. The number of hydrogen-bond donors (Lipinski definition) is 0. The summed E-state index contributed by atoms with van der Waals surface area (Å²) in [6.07, 6.45) is -9.76. The molecule has 0 aliphatic carbocycles. The molecule has 81 heavy (non-hydrogen) atoms. The summed E-state index contributed by atoms with van der Waals surface area (Å²) >= 11 is 6.59. The summed E-state index contributed by atoms with van der Waals surface area (Å²) in [5.74, 6) is 0.257. The number of rotatable bonds is 6. The molecule has 2 aliphatic rings. The molecule has 30 heteroatoms. The van der Waals surface area contributed by atoms with Crippen LogP contribution in [0.5, 0.6) is 0 Å². The zero-order chi connectivity index (χ0) is 59.2. The molecule has 0 atom stereocenters. The van der Waals surface area contributed by atoms with Crippen LogP contribution in [0.15, 0.2) is 49.3 Å². The van der Waals surface area contributed by atoms with Crippen molar-refractivity contribution in [1.29, 1.82) is 10.5 Å². The second kappa shape index (κ2) is 20.2. The molecule has 10 rings (SSSR count). The molecule has 2 aliphatic heterocycles. The molecule has 0 spiro atoms. The minimum Gasteiger partial charge on any atom is -0.368 e. The highest BCUT2D eigenvalue weighted by atomic mass is 35.5. The van der Waals surface area contributed by atoms with Crippen LogP contribution in [0.25, 0.3) is 44.6 Å². The lowest BCUT2D eigenvalue weighted by atomic mass is 9.91. The molecule has 0 N–H and O–H groups in total. The molecule has 8 aromatic heterocycles. The highest BCUT2D eigenvalue weighted by Crippen LogP contribution is 2.46. The van der Waals surface area contributed by atoms with Crippen LogP contribution >= 0.6 is 11.6 Å². The molecular formula is C51H48ClF11N18. The number of nitrogens with zero attached hydrogens (tertiary/aromatic N) is 18. The molecule has 0 amide bonds. The fourth-order valence-corrected chi connectivity index (χ4v) is 10.4.